The molecule has 1 aliphatic heterocycles. The summed E-state index contributed by atoms with van der Waals surface area (Å²) in [6.45, 7) is 0. The molecule has 1 heterocycles. The van der Waals surface area contributed by atoms with Crippen molar-refractivity contribution in [1.82, 2.24) is 0 Å². The lowest BCUT2D eigenvalue weighted by molar-refractivity contribution is 0.667. The van der Waals surface area contributed by atoms with Crippen LogP contribution in [0.4, 0.5) is 5.69 Å². The summed E-state index contributed by atoms with van der Waals surface area (Å²) < 4.78 is 1.05. The lowest BCUT2D eigenvalue weighted by Crippen LogP contribution is -2.26. The number of rotatable bonds is 3. The molecule has 0 aliphatic carbocycles. The summed E-state index contributed by atoms with van der Waals surface area (Å²) in [4.78, 5) is 0.449. The van der Waals surface area contributed by atoms with Crippen molar-refractivity contribution in [2.24, 2.45) is 5.73 Å². The van der Waals surface area contributed by atoms with Gasteiger partial charge in [0.2, 0.25) is 0 Å². The first kappa shape index (κ1) is 13.2. The average Bonchev–Trinajstić information content (AvgIpc) is 2.30. The van der Waals surface area contributed by atoms with Gasteiger partial charge in [-0.2, -0.15) is 11.8 Å². The molecular formula is C12H15BrN2S2. The van der Waals surface area contributed by atoms with Crippen LogP contribution in [0.15, 0.2) is 22.7 Å². The Bertz CT molecular complexity index is 417. The van der Waals surface area contributed by atoms with Crippen LogP contribution >= 0.6 is 39.9 Å². The van der Waals surface area contributed by atoms with E-state index in [9.17, 15) is 0 Å². The second-order valence-electron chi connectivity index (χ2n) is 4.09. The van der Waals surface area contributed by atoms with E-state index in [1.54, 1.807) is 0 Å². The Hall–Kier alpha value is -0.260. The van der Waals surface area contributed by atoms with Crippen molar-refractivity contribution in [1.29, 1.82) is 0 Å². The molecule has 0 radical (unpaired) electrons. The Labute approximate surface area is 120 Å². The maximum atomic E-state index is 5.74. The molecule has 1 fully saturated rings. The van der Waals surface area contributed by atoms with Gasteiger partial charge in [0, 0.05) is 21.8 Å². The topological polar surface area (TPSA) is 38.0 Å². The Balaban J connectivity index is 2.17. The van der Waals surface area contributed by atoms with Crippen molar-refractivity contribution in [3.05, 3.63) is 28.2 Å². The zero-order chi connectivity index (χ0) is 12.3. The number of hydrogen-bond acceptors (Lipinski definition) is 3. The van der Waals surface area contributed by atoms with E-state index >= 15 is 0 Å². The number of benzene rings is 1. The molecule has 1 aromatic rings. The van der Waals surface area contributed by atoms with E-state index in [2.05, 4.69) is 27.3 Å². The summed E-state index contributed by atoms with van der Waals surface area (Å²) in [5.41, 5.74) is 7.72. The van der Waals surface area contributed by atoms with E-state index in [0.717, 1.165) is 15.7 Å². The van der Waals surface area contributed by atoms with E-state index < -0.39 is 0 Å². The van der Waals surface area contributed by atoms with Crippen molar-refractivity contribution < 1.29 is 0 Å². The molecule has 0 unspecified atom stereocenters. The average molecular weight is 331 g/mol. The highest BCUT2D eigenvalue weighted by Crippen LogP contribution is 2.26. The van der Waals surface area contributed by atoms with Gasteiger partial charge in [-0.1, -0.05) is 28.1 Å². The fourth-order valence-corrected chi connectivity index (χ4v) is 3.56. The molecule has 1 saturated heterocycles. The van der Waals surface area contributed by atoms with Crippen LogP contribution in [0.1, 0.15) is 18.4 Å². The second-order valence-corrected chi connectivity index (χ2v) is 6.67. The van der Waals surface area contributed by atoms with Gasteiger partial charge in [-0.05, 0) is 42.5 Å². The zero-order valence-electron chi connectivity index (χ0n) is 9.41. The minimum absolute atomic E-state index is 0.449. The van der Waals surface area contributed by atoms with Gasteiger partial charge in [0.25, 0.3) is 0 Å². The maximum absolute atomic E-state index is 5.74. The summed E-state index contributed by atoms with van der Waals surface area (Å²) in [6.07, 6.45) is 2.40. The van der Waals surface area contributed by atoms with Gasteiger partial charge >= 0.3 is 0 Å². The molecule has 1 aliphatic rings. The summed E-state index contributed by atoms with van der Waals surface area (Å²) in [5.74, 6) is 2.46. The van der Waals surface area contributed by atoms with Crippen LogP contribution < -0.4 is 11.1 Å². The largest absolute Gasteiger partial charge is 0.389 e. The van der Waals surface area contributed by atoms with Crippen LogP contribution in [0, 0.1) is 0 Å². The number of anilines is 1. The molecule has 2 rings (SSSR count). The van der Waals surface area contributed by atoms with Gasteiger partial charge in [-0.15, -0.1) is 0 Å². The van der Waals surface area contributed by atoms with Crippen molar-refractivity contribution >= 4 is 50.6 Å². The summed E-state index contributed by atoms with van der Waals surface area (Å²) in [6, 6.07) is 6.53. The number of thioether (sulfide) groups is 1. The van der Waals surface area contributed by atoms with E-state index in [1.807, 2.05) is 23.9 Å². The Morgan fingerprint density at radius 1 is 1.41 bits per heavy atom. The third-order valence-electron chi connectivity index (χ3n) is 2.83. The normalized spacial score (nSPS) is 16.8. The third kappa shape index (κ3) is 3.60. The highest BCUT2D eigenvalue weighted by Gasteiger charge is 2.15. The predicted octanol–water partition coefficient (Wildman–Crippen LogP) is 3.39. The molecule has 0 atom stereocenters. The molecule has 17 heavy (non-hydrogen) atoms. The lowest BCUT2D eigenvalue weighted by atomic mass is 10.1. The molecule has 0 saturated carbocycles. The van der Waals surface area contributed by atoms with Gasteiger partial charge in [0.1, 0.15) is 4.99 Å². The predicted molar refractivity (Wildman–Crippen MR) is 84.0 cm³/mol. The zero-order valence-corrected chi connectivity index (χ0v) is 12.6. The highest BCUT2D eigenvalue weighted by atomic mass is 79.9. The Morgan fingerprint density at radius 2 is 2.12 bits per heavy atom. The van der Waals surface area contributed by atoms with Crippen LogP contribution in [0.25, 0.3) is 0 Å². The maximum Gasteiger partial charge on any atom is 0.106 e. The van der Waals surface area contributed by atoms with Crippen LogP contribution in [0.2, 0.25) is 0 Å². The number of hydrogen-bond donors (Lipinski definition) is 2. The van der Waals surface area contributed by atoms with Gasteiger partial charge in [0.15, 0.2) is 0 Å². The first-order valence-electron chi connectivity index (χ1n) is 5.60. The summed E-state index contributed by atoms with van der Waals surface area (Å²) >= 11 is 10.6. The Morgan fingerprint density at radius 3 is 2.76 bits per heavy atom. The number of halogens is 1. The standard InChI is InChI=1S/C12H15BrN2S2/c13-8-1-2-10(12(14)16)11(7-8)15-9-3-5-17-6-4-9/h1-2,7,9,15H,3-6H2,(H2,14,16). The highest BCUT2D eigenvalue weighted by molar-refractivity contribution is 9.10. The van der Waals surface area contributed by atoms with Crippen molar-refractivity contribution in [2.75, 3.05) is 16.8 Å². The van der Waals surface area contributed by atoms with E-state index in [-0.39, 0.29) is 0 Å². The van der Waals surface area contributed by atoms with Gasteiger partial charge in [0.05, 0.1) is 0 Å². The minimum atomic E-state index is 0.449. The number of nitrogens with two attached hydrogens (primary N) is 1. The van der Waals surface area contributed by atoms with E-state index in [0.29, 0.717) is 11.0 Å². The first-order chi connectivity index (χ1) is 8.16. The molecule has 2 nitrogen and oxygen atoms in total. The van der Waals surface area contributed by atoms with E-state index in [1.165, 1.54) is 24.3 Å². The lowest BCUT2D eigenvalue weighted by Gasteiger charge is -2.25. The molecule has 92 valence electrons. The van der Waals surface area contributed by atoms with Crippen LogP contribution in [0.5, 0.6) is 0 Å². The van der Waals surface area contributed by atoms with Gasteiger partial charge in [-0.3, -0.25) is 0 Å². The molecule has 0 bridgehead atoms. The minimum Gasteiger partial charge on any atom is -0.389 e. The second kappa shape index (κ2) is 6.07. The van der Waals surface area contributed by atoms with Gasteiger partial charge < -0.3 is 11.1 Å². The van der Waals surface area contributed by atoms with Crippen LogP contribution in [-0.2, 0) is 0 Å². The molecule has 3 N–H and O–H groups in total. The monoisotopic (exact) mass is 330 g/mol. The fraction of sp³-hybridized carbons (Fsp3) is 0.417. The molecule has 0 aromatic heterocycles. The molecule has 0 amide bonds. The third-order valence-corrected chi connectivity index (χ3v) is 4.59. The van der Waals surface area contributed by atoms with Crippen LogP contribution in [0.3, 0.4) is 0 Å². The van der Waals surface area contributed by atoms with Crippen molar-refractivity contribution in [3.8, 4) is 0 Å². The first-order valence-corrected chi connectivity index (χ1v) is 7.96. The van der Waals surface area contributed by atoms with E-state index in [4.69, 9.17) is 18.0 Å². The number of thiocarbonyl (C=S) groups is 1. The van der Waals surface area contributed by atoms with Crippen molar-refractivity contribution in [2.45, 2.75) is 18.9 Å². The molecule has 0 spiro atoms. The number of nitrogens with one attached hydrogen (secondary N) is 1. The van der Waals surface area contributed by atoms with Crippen LogP contribution in [-0.4, -0.2) is 22.5 Å². The molecule has 1 aromatic carbocycles. The quantitative estimate of drug-likeness (QED) is 0.833. The molecular weight excluding hydrogens is 316 g/mol. The van der Waals surface area contributed by atoms with Crippen molar-refractivity contribution in [3.63, 3.8) is 0 Å². The Kier molecular flexibility index (Phi) is 4.70. The van der Waals surface area contributed by atoms with Gasteiger partial charge in [-0.25, -0.2) is 0 Å². The summed E-state index contributed by atoms with van der Waals surface area (Å²) in [7, 11) is 0. The SMILES string of the molecule is NC(=S)c1ccc(Br)cc1NC1CCSCC1. The smallest absolute Gasteiger partial charge is 0.106 e. The summed E-state index contributed by atoms with van der Waals surface area (Å²) in [5, 5.41) is 3.56. The molecule has 5 heteroatoms. The fourth-order valence-electron chi connectivity index (χ4n) is 1.91.